The highest BCUT2D eigenvalue weighted by Gasteiger charge is 2.60. The summed E-state index contributed by atoms with van der Waals surface area (Å²) < 4.78 is 16.4. The highest BCUT2D eigenvalue weighted by molar-refractivity contribution is 5.64. The molecule has 0 bridgehead atoms. The van der Waals surface area contributed by atoms with Crippen molar-refractivity contribution in [3.8, 4) is 0 Å². The van der Waals surface area contributed by atoms with Crippen molar-refractivity contribution in [3.05, 3.63) is 0 Å². The van der Waals surface area contributed by atoms with Gasteiger partial charge in [-0.05, 0) is 20.3 Å². The Hall–Kier alpha value is -0.490. The van der Waals surface area contributed by atoms with E-state index in [1.165, 1.54) is 0 Å². The Bertz CT molecular complexity index is 277. The molecular formula is C10H16O5. The lowest BCUT2D eigenvalue weighted by Crippen LogP contribution is -2.45. The molecule has 1 unspecified atom stereocenters. The van der Waals surface area contributed by atoms with Crippen LogP contribution in [0, 0.1) is 0 Å². The van der Waals surface area contributed by atoms with E-state index in [2.05, 4.69) is 0 Å². The van der Waals surface area contributed by atoms with Gasteiger partial charge >= 0.3 is 0 Å². The molecule has 4 atom stereocenters. The van der Waals surface area contributed by atoms with Gasteiger partial charge in [-0.25, -0.2) is 0 Å². The van der Waals surface area contributed by atoms with E-state index < -0.39 is 29.9 Å². The number of carbonyl (C=O) groups excluding carboxylic acids is 1. The van der Waals surface area contributed by atoms with E-state index in [-0.39, 0.29) is 0 Å². The Morgan fingerprint density at radius 2 is 2.00 bits per heavy atom. The largest absolute Gasteiger partial charge is 0.387 e. The lowest BCUT2D eigenvalue weighted by molar-refractivity contribution is -0.233. The van der Waals surface area contributed by atoms with Crippen molar-refractivity contribution in [1.29, 1.82) is 0 Å². The Labute approximate surface area is 88.3 Å². The van der Waals surface area contributed by atoms with Gasteiger partial charge in [0.25, 0.3) is 0 Å². The summed E-state index contributed by atoms with van der Waals surface area (Å²) in [5, 5.41) is 9.98. The molecule has 0 amide bonds. The average molecular weight is 216 g/mol. The molecule has 2 aliphatic rings. The normalized spacial score (nSPS) is 47.9. The average Bonchev–Trinajstić information content (AvgIpc) is 2.59. The maximum atomic E-state index is 11.0. The number of rotatable bonds is 2. The van der Waals surface area contributed by atoms with Crippen LogP contribution in [-0.4, -0.2) is 41.3 Å². The Morgan fingerprint density at radius 1 is 1.33 bits per heavy atom. The molecule has 0 radical (unpaired) electrons. The second-order valence-corrected chi connectivity index (χ2v) is 4.46. The summed E-state index contributed by atoms with van der Waals surface area (Å²) in [6.07, 6.45) is -1.16. The van der Waals surface area contributed by atoms with Gasteiger partial charge in [0.15, 0.2) is 24.0 Å². The number of carbonyl (C=O) groups is 1. The van der Waals surface area contributed by atoms with Gasteiger partial charge < -0.3 is 24.1 Å². The SMILES string of the molecule is CC[C@@]1(C=O)O[C@H]2OC(C)(C)O[C@H]2C1O. The minimum atomic E-state index is -1.17. The predicted molar refractivity (Wildman–Crippen MR) is 50.0 cm³/mol. The van der Waals surface area contributed by atoms with E-state index in [4.69, 9.17) is 14.2 Å². The molecule has 0 aromatic rings. The Balaban J connectivity index is 2.21. The minimum absolute atomic E-state index is 0.401. The molecule has 2 aliphatic heterocycles. The van der Waals surface area contributed by atoms with Crippen molar-refractivity contribution in [2.75, 3.05) is 0 Å². The van der Waals surface area contributed by atoms with Gasteiger partial charge in [0.1, 0.15) is 12.2 Å². The fourth-order valence-corrected chi connectivity index (χ4v) is 2.10. The van der Waals surface area contributed by atoms with E-state index in [1.807, 2.05) is 0 Å². The van der Waals surface area contributed by atoms with Crippen molar-refractivity contribution >= 4 is 6.29 Å². The summed E-state index contributed by atoms with van der Waals surface area (Å²) in [5.74, 6) is -0.765. The van der Waals surface area contributed by atoms with Crippen LogP contribution >= 0.6 is 0 Å². The third-order valence-corrected chi connectivity index (χ3v) is 2.99. The minimum Gasteiger partial charge on any atom is -0.387 e. The summed E-state index contributed by atoms with van der Waals surface area (Å²) in [4.78, 5) is 11.0. The molecule has 2 heterocycles. The maximum absolute atomic E-state index is 11.0. The van der Waals surface area contributed by atoms with E-state index >= 15 is 0 Å². The monoisotopic (exact) mass is 216 g/mol. The summed E-state index contributed by atoms with van der Waals surface area (Å²) in [7, 11) is 0. The van der Waals surface area contributed by atoms with Crippen LogP contribution in [0.25, 0.3) is 0 Å². The van der Waals surface area contributed by atoms with Crippen LogP contribution < -0.4 is 0 Å². The highest BCUT2D eigenvalue weighted by atomic mass is 16.8. The number of hydrogen-bond acceptors (Lipinski definition) is 5. The summed E-state index contributed by atoms with van der Waals surface area (Å²) in [6, 6.07) is 0. The van der Waals surface area contributed by atoms with Crippen LogP contribution in [0.15, 0.2) is 0 Å². The van der Waals surface area contributed by atoms with Crippen LogP contribution in [0.5, 0.6) is 0 Å². The molecular weight excluding hydrogens is 200 g/mol. The molecule has 0 saturated carbocycles. The number of hydrogen-bond donors (Lipinski definition) is 1. The van der Waals surface area contributed by atoms with Crippen LogP contribution in [0.3, 0.4) is 0 Å². The summed E-state index contributed by atoms with van der Waals surface area (Å²) in [5.41, 5.74) is -1.17. The molecule has 15 heavy (non-hydrogen) atoms. The zero-order valence-electron chi connectivity index (χ0n) is 9.10. The summed E-state index contributed by atoms with van der Waals surface area (Å²) >= 11 is 0. The van der Waals surface area contributed by atoms with Crippen LogP contribution in [0.1, 0.15) is 27.2 Å². The Kier molecular flexibility index (Phi) is 2.38. The zero-order chi connectivity index (χ0) is 11.3. The van der Waals surface area contributed by atoms with Gasteiger partial charge in [0, 0.05) is 0 Å². The molecule has 2 rings (SSSR count). The third-order valence-electron chi connectivity index (χ3n) is 2.99. The molecule has 0 aliphatic carbocycles. The van der Waals surface area contributed by atoms with Crippen molar-refractivity contribution in [2.24, 2.45) is 0 Å². The number of aliphatic hydroxyl groups is 1. The number of aliphatic hydroxyl groups excluding tert-OH is 1. The molecule has 0 aromatic heterocycles. The molecule has 2 saturated heterocycles. The number of fused-ring (bicyclic) bond motifs is 1. The molecule has 1 N–H and O–H groups in total. The van der Waals surface area contributed by atoms with Crippen molar-refractivity contribution in [1.82, 2.24) is 0 Å². The Morgan fingerprint density at radius 3 is 2.47 bits per heavy atom. The first kappa shape index (κ1) is 11.0. The van der Waals surface area contributed by atoms with E-state index in [0.717, 1.165) is 0 Å². The van der Waals surface area contributed by atoms with Gasteiger partial charge in [-0.3, -0.25) is 0 Å². The van der Waals surface area contributed by atoms with Crippen LogP contribution in [0.2, 0.25) is 0 Å². The van der Waals surface area contributed by atoms with Gasteiger partial charge in [0.2, 0.25) is 0 Å². The first-order valence-corrected chi connectivity index (χ1v) is 5.12. The van der Waals surface area contributed by atoms with E-state index in [1.54, 1.807) is 20.8 Å². The standard InChI is InChI=1S/C10H16O5/c1-4-10(5-11)7(12)6-8(15-10)14-9(2,3)13-6/h5-8,12H,4H2,1-3H3/t6-,7?,8+,10-/m0/s1. The van der Waals surface area contributed by atoms with Gasteiger partial charge in [0.05, 0.1) is 0 Å². The molecule has 2 fully saturated rings. The molecule has 5 heteroatoms. The fraction of sp³-hybridized carbons (Fsp3) is 0.900. The van der Waals surface area contributed by atoms with Gasteiger partial charge in [-0.2, -0.15) is 0 Å². The van der Waals surface area contributed by atoms with Crippen molar-refractivity contribution in [2.45, 2.75) is 57.1 Å². The smallest absolute Gasteiger partial charge is 0.191 e. The maximum Gasteiger partial charge on any atom is 0.191 e. The van der Waals surface area contributed by atoms with E-state index in [0.29, 0.717) is 12.7 Å². The molecule has 5 nitrogen and oxygen atoms in total. The molecule has 86 valence electrons. The molecule has 0 aromatic carbocycles. The van der Waals surface area contributed by atoms with Crippen LogP contribution in [0.4, 0.5) is 0 Å². The second-order valence-electron chi connectivity index (χ2n) is 4.46. The summed E-state index contributed by atoms with van der Waals surface area (Å²) in [6.45, 7) is 5.27. The second kappa shape index (κ2) is 3.25. The quantitative estimate of drug-likeness (QED) is 0.668. The predicted octanol–water partition coefficient (Wildman–Crippen LogP) is 0.203. The lowest BCUT2D eigenvalue weighted by Gasteiger charge is -2.28. The topological polar surface area (TPSA) is 65.0 Å². The van der Waals surface area contributed by atoms with Crippen LogP contribution in [-0.2, 0) is 19.0 Å². The van der Waals surface area contributed by atoms with Gasteiger partial charge in [-0.1, -0.05) is 6.92 Å². The third kappa shape index (κ3) is 1.50. The lowest BCUT2D eigenvalue weighted by atomic mass is 9.94. The van der Waals surface area contributed by atoms with Crippen molar-refractivity contribution < 1.29 is 24.1 Å². The zero-order valence-corrected chi connectivity index (χ0v) is 9.10. The fourth-order valence-electron chi connectivity index (χ4n) is 2.10. The first-order valence-electron chi connectivity index (χ1n) is 5.12. The highest BCUT2D eigenvalue weighted by Crippen LogP contribution is 2.42. The first-order chi connectivity index (χ1) is 6.94. The molecule has 0 spiro atoms. The van der Waals surface area contributed by atoms with Gasteiger partial charge in [-0.15, -0.1) is 0 Å². The van der Waals surface area contributed by atoms with Crippen molar-refractivity contribution in [3.63, 3.8) is 0 Å². The number of aldehydes is 1. The van der Waals surface area contributed by atoms with E-state index in [9.17, 15) is 9.90 Å². The number of ether oxygens (including phenoxy) is 3.